The normalized spacial score (nSPS) is 12.9. The van der Waals surface area contributed by atoms with E-state index in [0.29, 0.717) is 0 Å². The van der Waals surface area contributed by atoms with E-state index in [4.69, 9.17) is 5.73 Å². The Hall–Kier alpha value is -0.650. The predicted octanol–water partition coefficient (Wildman–Crippen LogP) is 3.53. The molecular weight excluding hydrogens is 310 g/mol. The molecule has 2 N–H and O–H groups in total. The second-order valence-electron chi connectivity index (χ2n) is 4.29. The maximum atomic E-state index is 6.26. The second-order valence-corrected chi connectivity index (χ2v) is 6.58. The molecule has 0 amide bonds. The molecule has 0 aromatic carbocycles. The van der Waals surface area contributed by atoms with Gasteiger partial charge in [0.2, 0.25) is 0 Å². The predicted molar refractivity (Wildman–Crippen MR) is 79.9 cm³/mol. The van der Waals surface area contributed by atoms with Crippen LogP contribution in [-0.2, 0) is 19.4 Å². The van der Waals surface area contributed by atoms with E-state index in [-0.39, 0.29) is 6.04 Å². The molecule has 2 rings (SSSR count). The van der Waals surface area contributed by atoms with E-state index in [1.807, 2.05) is 0 Å². The summed E-state index contributed by atoms with van der Waals surface area (Å²) in [5, 5.41) is 6.67. The van der Waals surface area contributed by atoms with Crippen LogP contribution in [0.25, 0.3) is 0 Å². The maximum absolute atomic E-state index is 6.26. The Labute approximate surface area is 120 Å². The Morgan fingerprint density at radius 1 is 1.44 bits per heavy atom. The number of aryl methyl sites for hydroxylation is 2. The van der Waals surface area contributed by atoms with Gasteiger partial charge in [0.05, 0.1) is 9.48 Å². The molecule has 5 heteroatoms. The second kappa shape index (κ2) is 5.99. The molecule has 1 atom stereocenters. The SMILES string of the molecule is CCc1cc(CC(N)c2csc(Br)c2)n(CC)n1. The first-order valence-electron chi connectivity index (χ1n) is 6.19. The van der Waals surface area contributed by atoms with Crippen molar-refractivity contribution in [3.63, 3.8) is 0 Å². The number of nitrogens with zero attached hydrogens (tertiary/aromatic N) is 2. The van der Waals surface area contributed by atoms with Crippen LogP contribution in [0.1, 0.15) is 36.8 Å². The van der Waals surface area contributed by atoms with Gasteiger partial charge in [0.25, 0.3) is 0 Å². The summed E-state index contributed by atoms with van der Waals surface area (Å²) in [6.07, 6.45) is 1.81. The van der Waals surface area contributed by atoms with E-state index in [0.717, 1.165) is 28.9 Å². The lowest BCUT2D eigenvalue weighted by Crippen LogP contribution is -2.15. The van der Waals surface area contributed by atoms with Crippen LogP contribution in [0, 0.1) is 0 Å². The largest absolute Gasteiger partial charge is 0.324 e. The number of rotatable bonds is 5. The summed E-state index contributed by atoms with van der Waals surface area (Å²) in [4.78, 5) is 0. The van der Waals surface area contributed by atoms with Crippen LogP contribution in [0.5, 0.6) is 0 Å². The van der Waals surface area contributed by atoms with E-state index in [1.54, 1.807) is 11.3 Å². The minimum Gasteiger partial charge on any atom is -0.324 e. The monoisotopic (exact) mass is 327 g/mol. The van der Waals surface area contributed by atoms with Gasteiger partial charge >= 0.3 is 0 Å². The van der Waals surface area contributed by atoms with E-state index < -0.39 is 0 Å². The zero-order chi connectivity index (χ0) is 13.1. The molecule has 2 aromatic rings. The molecule has 0 fully saturated rings. The van der Waals surface area contributed by atoms with Crippen LogP contribution in [0.3, 0.4) is 0 Å². The molecule has 2 aromatic heterocycles. The van der Waals surface area contributed by atoms with Gasteiger partial charge in [0.15, 0.2) is 0 Å². The lowest BCUT2D eigenvalue weighted by molar-refractivity contribution is 0.586. The molecule has 0 saturated carbocycles. The van der Waals surface area contributed by atoms with Crippen LogP contribution >= 0.6 is 27.3 Å². The summed E-state index contributed by atoms with van der Waals surface area (Å²) in [6, 6.07) is 4.31. The molecule has 2 heterocycles. The summed E-state index contributed by atoms with van der Waals surface area (Å²) >= 11 is 5.15. The molecular formula is C13H18BrN3S. The van der Waals surface area contributed by atoms with Gasteiger partial charge < -0.3 is 5.73 Å². The fourth-order valence-corrected chi connectivity index (χ4v) is 3.23. The third-order valence-electron chi connectivity index (χ3n) is 3.02. The van der Waals surface area contributed by atoms with E-state index in [1.165, 1.54) is 11.3 Å². The quantitative estimate of drug-likeness (QED) is 0.912. The topological polar surface area (TPSA) is 43.8 Å². The third kappa shape index (κ3) is 3.02. The van der Waals surface area contributed by atoms with Crippen molar-refractivity contribution in [3.05, 3.63) is 38.3 Å². The highest BCUT2D eigenvalue weighted by Gasteiger charge is 2.13. The highest BCUT2D eigenvalue weighted by molar-refractivity contribution is 9.11. The molecule has 3 nitrogen and oxygen atoms in total. The van der Waals surface area contributed by atoms with Crippen molar-refractivity contribution >= 4 is 27.3 Å². The van der Waals surface area contributed by atoms with Crippen molar-refractivity contribution in [3.8, 4) is 0 Å². The molecule has 98 valence electrons. The number of nitrogens with two attached hydrogens (primary N) is 1. The minimum atomic E-state index is 0.0410. The van der Waals surface area contributed by atoms with Gasteiger partial charge in [0, 0.05) is 24.7 Å². The van der Waals surface area contributed by atoms with Crippen LogP contribution < -0.4 is 5.73 Å². The number of hydrogen-bond acceptors (Lipinski definition) is 3. The number of halogens is 1. The van der Waals surface area contributed by atoms with Gasteiger partial charge in [-0.25, -0.2) is 0 Å². The molecule has 0 aliphatic heterocycles. The number of thiophene rings is 1. The summed E-state index contributed by atoms with van der Waals surface area (Å²) in [7, 11) is 0. The van der Waals surface area contributed by atoms with Gasteiger partial charge in [-0.1, -0.05) is 6.92 Å². The van der Waals surface area contributed by atoms with Crippen molar-refractivity contribution < 1.29 is 0 Å². The van der Waals surface area contributed by atoms with Crippen LogP contribution in [0.15, 0.2) is 21.3 Å². The van der Waals surface area contributed by atoms with Gasteiger partial charge in [-0.2, -0.15) is 5.10 Å². The Bertz CT molecular complexity index is 518. The molecule has 0 bridgehead atoms. The summed E-state index contributed by atoms with van der Waals surface area (Å²) < 4.78 is 3.19. The average Bonchev–Trinajstić information content (AvgIpc) is 2.95. The standard InChI is InChI=1S/C13H18BrN3S/c1-3-10-6-11(17(4-2)16-10)7-12(15)9-5-13(14)18-8-9/h5-6,8,12H,3-4,7,15H2,1-2H3. The van der Waals surface area contributed by atoms with Crippen molar-refractivity contribution in [1.29, 1.82) is 0 Å². The molecule has 0 aliphatic rings. The zero-order valence-electron chi connectivity index (χ0n) is 10.7. The highest BCUT2D eigenvalue weighted by Crippen LogP contribution is 2.26. The summed E-state index contributed by atoms with van der Waals surface area (Å²) in [5.41, 5.74) is 9.82. The van der Waals surface area contributed by atoms with Gasteiger partial charge in [0.1, 0.15) is 0 Å². The molecule has 0 spiro atoms. The summed E-state index contributed by atoms with van der Waals surface area (Å²) in [5.74, 6) is 0. The van der Waals surface area contributed by atoms with Crippen LogP contribution in [0.2, 0.25) is 0 Å². The van der Waals surface area contributed by atoms with E-state index in [2.05, 4.69) is 57.1 Å². The fraction of sp³-hybridized carbons (Fsp3) is 0.462. The van der Waals surface area contributed by atoms with Crippen molar-refractivity contribution in [2.75, 3.05) is 0 Å². The first-order chi connectivity index (χ1) is 8.63. The zero-order valence-corrected chi connectivity index (χ0v) is 13.1. The molecule has 0 aliphatic carbocycles. The Kier molecular flexibility index (Phi) is 4.59. The summed E-state index contributed by atoms with van der Waals surface area (Å²) in [6.45, 7) is 5.14. The van der Waals surface area contributed by atoms with E-state index >= 15 is 0 Å². The van der Waals surface area contributed by atoms with E-state index in [9.17, 15) is 0 Å². The molecule has 18 heavy (non-hydrogen) atoms. The fourth-order valence-electron chi connectivity index (χ4n) is 1.99. The van der Waals surface area contributed by atoms with Crippen molar-refractivity contribution in [2.45, 2.75) is 39.3 Å². The van der Waals surface area contributed by atoms with Crippen LogP contribution in [-0.4, -0.2) is 9.78 Å². The van der Waals surface area contributed by atoms with Gasteiger partial charge in [-0.05, 0) is 52.4 Å². The smallest absolute Gasteiger partial charge is 0.0701 e. The first kappa shape index (κ1) is 13.8. The number of hydrogen-bond donors (Lipinski definition) is 1. The Morgan fingerprint density at radius 2 is 2.22 bits per heavy atom. The lowest BCUT2D eigenvalue weighted by Gasteiger charge is -2.10. The first-order valence-corrected chi connectivity index (χ1v) is 7.86. The third-order valence-corrected chi connectivity index (χ3v) is 4.54. The van der Waals surface area contributed by atoms with Crippen molar-refractivity contribution in [2.24, 2.45) is 5.73 Å². The highest BCUT2D eigenvalue weighted by atomic mass is 79.9. The van der Waals surface area contributed by atoms with Gasteiger partial charge in [-0.15, -0.1) is 11.3 Å². The number of aromatic nitrogens is 2. The lowest BCUT2D eigenvalue weighted by atomic mass is 10.1. The Morgan fingerprint density at radius 3 is 2.78 bits per heavy atom. The Balaban J connectivity index is 2.15. The van der Waals surface area contributed by atoms with Gasteiger partial charge in [-0.3, -0.25) is 4.68 Å². The minimum absolute atomic E-state index is 0.0410. The molecule has 1 unspecified atom stereocenters. The molecule has 0 saturated heterocycles. The molecule has 0 radical (unpaired) electrons. The van der Waals surface area contributed by atoms with Crippen molar-refractivity contribution in [1.82, 2.24) is 9.78 Å². The average molecular weight is 328 g/mol. The van der Waals surface area contributed by atoms with Crippen LogP contribution in [0.4, 0.5) is 0 Å². The maximum Gasteiger partial charge on any atom is 0.0701 e.